The van der Waals surface area contributed by atoms with Crippen LogP contribution in [0.2, 0.25) is 0 Å². The Labute approximate surface area is 180 Å². The van der Waals surface area contributed by atoms with Crippen molar-refractivity contribution in [3.8, 4) is 0 Å². The zero-order valence-electron chi connectivity index (χ0n) is 19.1. The summed E-state index contributed by atoms with van der Waals surface area (Å²) < 4.78 is 60.2. The van der Waals surface area contributed by atoms with Crippen molar-refractivity contribution >= 4 is 17.6 Å². The zero-order chi connectivity index (χ0) is 24.1. The first-order valence-electron chi connectivity index (χ1n) is 10.3. The van der Waals surface area contributed by atoms with E-state index in [4.69, 9.17) is 4.74 Å². The molecule has 0 aliphatic rings. The van der Waals surface area contributed by atoms with Crippen LogP contribution in [0.4, 0.5) is 23.2 Å². The average molecular weight is 449 g/mol. The summed E-state index contributed by atoms with van der Waals surface area (Å²) in [7, 11) is 1.08. The maximum Gasteiger partial charge on any atom is 0.344 e. The fraction of sp³-hybridized carbons (Fsp3) is 0.636. The monoisotopic (exact) mass is 448 g/mol. The molecule has 31 heavy (non-hydrogen) atoms. The van der Waals surface area contributed by atoms with E-state index in [1.807, 2.05) is 26.1 Å². The van der Waals surface area contributed by atoms with Crippen LogP contribution in [0.3, 0.4) is 0 Å². The molecule has 1 aromatic carbocycles. The molecule has 0 aromatic heterocycles. The smallest absolute Gasteiger partial charge is 0.344 e. The number of ether oxygens (including phenoxy) is 1. The molecule has 0 saturated carbocycles. The van der Waals surface area contributed by atoms with Crippen molar-refractivity contribution in [3.63, 3.8) is 0 Å². The highest BCUT2D eigenvalue weighted by Gasteiger charge is 2.37. The van der Waals surface area contributed by atoms with E-state index in [0.717, 1.165) is 7.05 Å². The summed E-state index contributed by atoms with van der Waals surface area (Å²) in [6.45, 7) is 11.9. The maximum atomic E-state index is 14.0. The average Bonchev–Trinajstić information content (AvgIpc) is 2.71. The van der Waals surface area contributed by atoms with Crippen LogP contribution in [-0.2, 0) is 9.53 Å². The Balaban J connectivity index is 2.65. The number of halogens is 4. The van der Waals surface area contributed by atoms with E-state index >= 15 is 0 Å². The molecule has 0 saturated heterocycles. The summed E-state index contributed by atoms with van der Waals surface area (Å²) in [5.74, 6) is -7.94. The van der Waals surface area contributed by atoms with Gasteiger partial charge in [0, 0.05) is 19.0 Å². The Morgan fingerprint density at radius 3 is 1.94 bits per heavy atom. The van der Waals surface area contributed by atoms with Gasteiger partial charge in [-0.15, -0.1) is 0 Å². The topological polar surface area (TPSA) is 67.4 Å². The predicted octanol–water partition coefficient (Wildman–Crippen LogP) is 4.90. The number of hydrogen-bond acceptors (Lipinski definition) is 4. The third kappa shape index (κ3) is 5.89. The summed E-state index contributed by atoms with van der Waals surface area (Å²) in [5.41, 5.74) is -3.08. The summed E-state index contributed by atoms with van der Waals surface area (Å²) in [5, 5.41) is 4.75. The number of nitrogens with one attached hydrogen (secondary N) is 2. The van der Waals surface area contributed by atoms with Crippen LogP contribution in [0, 0.1) is 46.4 Å². The zero-order valence-corrected chi connectivity index (χ0v) is 19.1. The number of carbonyl (C=O) groups is 2. The van der Waals surface area contributed by atoms with Crippen LogP contribution < -0.4 is 10.6 Å². The second kappa shape index (κ2) is 10.8. The summed E-state index contributed by atoms with van der Waals surface area (Å²) >= 11 is 0. The standard InChI is InChI=1S/C22H32F4N2O3/c1-11(2)12(3)13(4)22(5,6)21(30)28-9-8-10-31-20(29)14-15(23)17(25)19(27-7)18(26)16(14)24/h11-13,27H,8-10H2,1-7H3,(H,28,30). The van der Waals surface area contributed by atoms with Crippen molar-refractivity contribution in [2.75, 3.05) is 25.5 Å². The molecule has 1 rings (SSSR count). The van der Waals surface area contributed by atoms with Crippen molar-refractivity contribution in [1.29, 1.82) is 0 Å². The minimum Gasteiger partial charge on any atom is -0.462 e. The van der Waals surface area contributed by atoms with Gasteiger partial charge in [0.15, 0.2) is 23.3 Å². The summed E-state index contributed by atoms with van der Waals surface area (Å²) in [6.07, 6.45) is 0.157. The second-order valence-corrected chi connectivity index (χ2v) is 8.61. The van der Waals surface area contributed by atoms with Gasteiger partial charge < -0.3 is 15.4 Å². The van der Waals surface area contributed by atoms with E-state index in [2.05, 4.69) is 26.1 Å². The first-order chi connectivity index (χ1) is 14.3. The van der Waals surface area contributed by atoms with Gasteiger partial charge in [-0.25, -0.2) is 22.4 Å². The van der Waals surface area contributed by atoms with Gasteiger partial charge in [-0.1, -0.05) is 41.5 Å². The molecule has 0 bridgehead atoms. The lowest BCUT2D eigenvalue weighted by Gasteiger charge is -2.36. The number of esters is 1. The van der Waals surface area contributed by atoms with Crippen molar-refractivity contribution < 1.29 is 31.9 Å². The van der Waals surface area contributed by atoms with Crippen molar-refractivity contribution in [1.82, 2.24) is 5.32 Å². The lowest BCUT2D eigenvalue weighted by atomic mass is 9.69. The summed E-state index contributed by atoms with van der Waals surface area (Å²) in [6, 6.07) is 0. The normalized spacial score (nSPS) is 13.7. The first-order valence-corrected chi connectivity index (χ1v) is 10.3. The van der Waals surface area contributed by atoms with Crippen LogP contribution >= 0.6 is 0 Å². The highest BCUT2D eigenvalue weighted by atomic mass is 19.2. The molecule has 176 valence electrons. The Kier molecular flexibility index (Phi) is 9.32. The molecular formula is C22H32F4N2O3. The summed E-state index contributed by atoms with van der Waals surface area (Å²) in [4.78, 5) is 24.5. The second-order valence-electron chi connectivity index (χ2n) is 8.61. The van der Waals surface area contributed by atoms with E-state index in [0.29, 0.717) is 11.8 Å². The van der Waals surface area contributed by atoms with Gasteiger partial charge in [0.1, 0.15) is 11.3 Å². The molecule has 2 atom stereocenters. The molecule has 1 aromatic rings. The van der Waals surface area contributed by atoms with E-state index in [9.17, 15) is 27.2 Å². The van der Waals surface area contributed by atoms with Crippen molar-refractivity contribution in [2.45, 2.75) is 48.0 Å². The highest BCUT2D eigenvalue weighted by Crippen LogP contribution is 2.36. The Morgan fingerprint density at radius 2 is 1.48 bits per heavy atom. The van der Waals surface area contributed by atoms with E-state index < -0.39 is 45.9 Å². The number of benzene rings is 1. The minimum absolute atomic E-state index is 0.113. The number of amides is 1. The van der Waals surface area contributed by atoms with Gasteiger partial charge >= 0.3 is 5.97 Å². The lowest BCUT2D eigenvalue weighted by molar-refractivity contribution is -0.133. The molecule has 2 unspecified atom stereocenters. The Bertz CT molecular complexity index is 783. The predicted molar refractivity (Wildman–Crippen MR) is 111 cm³/mol. The SMILES string of the molecule is CNc1c(F)c(F)c(C(=O)OCCCNC(=O)C(C)(C)C(C)C(C)C(C)C)c(F)c1F. The number of anilines is 1. The van der Waals surface area contributed by atoms with Crippen molar-refractivity contribution in [3.05, 3.63) is 28.8 Å². The van der Waals surface area contributed by atoms with Crippen molar-refractivity contribution in [2.24, 2.45) is 23.2 Å². The van der Waals surface area contributed by atoms with E-state index in [-0.39, 0.29) is 31.4 Å². The Morgan fingerprint density at radius 1 is 0.968 bits per heavy atom. The fourth-order valence-corrected chi connectivity index (χ4v) is 3.21. The molecule has 9 heteroatoms. The van der Waals surface area contributed by atoms with Crippen LogP contribution in [0.15, 0.2) is 0 Å². The minimum atomic E-state index is -1.84. The van der Waals surface area contributed by atoms with Gasteiger partial charge in [-0.2, -0.15) is 0 Å². The van der Waals surface area contributed by atoms with Crippen LogP contribution in [-0.4, -0.2) is 32.1 Å². The van der Waals surface area contributed by atoms with E-state index in [1.165, 1.54) is 0 Å². The quantitative estimate of drug-likeness (QED) is 0.231. The molecule has 1 amide bonds. The molecule has 0 fully saturated rings. The van der Waals surface area contributed by atoms with Gasteiger partial charge in [-0.3, -0.25) is 4.79 Å². The van der Waals surface area contributed by atoms with Gasteiger partial charge in [0.25, 0.3) is 0 Å². The molecule has 0 aliphatic heterocycles. The molecule has 5 nitrogen and oxygen atoms in total. The molecule has 0 radical (unpaired) electrons. The third-order valence-electron chi connectivity index (χ3n) is 6.12. The Hall–Kier alpha value is -2.32. The largest absolute Gasteiger partial charge is 0.462 e. The van der Waals surface area contributed by atoms with Gasteiger partial charge in [-0.05, 0) is 24.2 Å². The fourth-order valence-electron chi connectivity index (χ4n) is 3.21. The maximum absolute atomic E-state index is 14.0. The van der Waals surface area contributed by atoms with E-state index in [1.54, 1.807) is 0 Å². The number of carbonyl (C=O) groups excluding carboxylic acids is 2. The first kappa shape index (κ1) is 26.7. The van der Waals surface area contributed by atoms with Gasteiger partial charge in [0.2, 0.25) is 5.91 Å². The van der Waals surface area contributed by atoms with Crippen LogP contribution in [0.1, 0.15) is 58.3 Å². The van der Waals surface area contributed by atoms with Crippen LogP contribution in [0.25, 0.3) is 0 Å². The lowest BCUT2D eigenvalue weighted by Crippen LogP contribution is -2.44. The van der Waals surface area contributed by atoms with Gasteiger partial charge in [0.05, 0.1) is 6.61 Å². The molecule has 2 N–H and O–H groups in total. The number of rotatable bonds is 10. The molecule has 0 aliphatic carbocycles. The molecule has 0 spiro atoms. The van der Waals surface area contributed by atoms with Crippen LogP contribution in [0.5, 0.6) is 0 Å². The molecule has 0 heterocycles. The third-order valence-corrected chi connectivity index (χ3v) is 6.12. The number of hydrogen-bond donors (Lipinski definition) is 2. The highest BCUT2D eigenvalue weighted by molar-refractivity contribution is 5.90. The molecular weight excluding hydrogens is 416 g/mol.